The van der Waals surface area contributed by atoms with Gasteiger partial charge in [0.2, 0.25) is 0 Å². The van der Waals surface area contributed by atoms with Gasteiger partial charge in [0.25, 0.3) is 0 Å². The first-order chi connectivity index (χ1) is 4.43. The Hall–Kier alpha value is 0.427. The topological polar surface area (TPSA) is 26.0 Å². The van der Waals surface area contributed by atoms with Crippen molar-refractivity contribution >= 4 is 1.72 Å². The summed E-state index contributed by atoms with van der Waals surface area (Å²) in [5.74, 6) is 0. The molecule has 1 rings (SSSR count). The van der Waals surface area contributed by atoms with Crippen LogP contribution in [0.25, 0.3) is 0 Å². The van der Waals surface area contributed by atoms with E-state index < -0.39 is 0 Å². The molecule has 54 valence electrons. The maximum atomic E-state index is 5.40. The Morgan fingerprint density at radius 3 is 2.44 bits per heavy atom. The van der Waals surface area contributed by atoms with Gasteiger partial charge in [-0.15, -0.1) is 0 Å². The van der Waals surface area contributed by atoms with Crippen molar-refractivity contribution in [3.05, 3.63) is 30.3 Å². The molecule has 0 atom stereocenters. The van der Waals surface area contributed by atoms with Gasteiger partial charge in [-0.25, -0.2) is 0 Å². The van der Waals surface area contributed by atoms with Gasteiger partial charge in [0.1, 0.15) is 0 Å². The van der Waals surface area contributed by atoms with E-state index in [1.165, 1.54) is 1.72 Å². The second kappa shape index (κ2) is 4.28. The Kier molecular flexibility index (Phi) is 3.58. The molecule has 0 unspecified atom stereocenters. The summed E-state index contributed by atoms with van der Waals surface area (Å²) in [5.41, 5.74) is 5.40. The second-order valence-corrected chi connectivity index (χ2v) is 3.94. The van der Waals surface area contributed by atoms with Gasteiger partial charge < -0.3 is 0 Å². The van der Waals surface area contributed by atoms with E-state index in [0.29, 0.717) is 33.4 Å². The Balaban J connectivity index is 2.61. The van der Waals surface area contributed by atoms with Gasteiger partial charge in [0, 0.05) is 0 Å². The molecule has 0 fully saturated rings. The quantitative estimate of drug-likeness (QED) is 0.825. The molecule has 1 aromatic carbocycles. The van der Waals surface area contributed by atoms with Gasteiger partial charge in [0.15, 0.2) is 0 Å². The average Bonchev–Trinajstić information content (AvgIpc) is 1.91. The summed E-state index contributed by atoms with van der Waals surface area (Å²) in [6.07, 6.45) is 0. The Morgan fingerprint density at radius 2 is 1.89 bits per heavy atom. The van der Waals surface area contributed by atoms with Crippen molar-refractivity contribution in [3.8, 4) is 0 Å². The van der Waals surface area contributed by atoms with Crippen LogP contribution in [0.15, 0.2) is 30.3 Å². The summed E-state index contributed by atoms with van der Waals surface area (Å²) in [7, 11) is 0. The molecule has 9 heavy (non-hydrogen) atoms. The van der Waals surface area contributed by atoms with Crippen molar-refractivity contribution in [2.75, 3.05) is 2.70 Å². The number of benzene rings is 1. The zero-order valence-electron chi connectivity index (χ0n) is 4.96. The first kappa shape index (κ1) is 7.53. The van der Waals surface area contributed by atoms with Crippen LogP contribution in [0, 0.1) is 33.4 Å². The van der Waals surface area contributed by atoms with E-state index in [9.17, 15) is 0 Å². The van der Waals surface area contributed by atoms with Crippen LogP contribution in [0.2, 0.25) is 0 Å². The SMILES string of the molecule is N[CH2][Er][c]1ccccc1. The first-order valence-corrected chi connectivity index (χ1v) is 4.90. The fourth-order valence-electron chi connectivity index (χ4n) is 0.534. The zero-order valence-corrected chi connectivity index (χ0v) is 6.81. The van der Waals surface area contributed by atoms with Crippen molar-refractivity contribution in [3.63, 3.8) is 0 Å². The molecule has 0 saturated carbocycles. The van der Waals surface area contributed by atoms with Crippen LogP contribution in [0.3, 0.4) is 0 Å². The van der Waals surface area contributed by atoms with Crippen molar-refractivity contribution < 1.29 is 33.4 Å². The molecule has 0 aliphatic rings. The third-order valence-electron chi connectivity index (χ3n) is 0.880. The van der Waals surface area contributed by atoms with Crippen LogP contribution in [0.4, 0.5) is 0 Å². The third kappa shape index (κ3) is 2.67. The molecule has 2 heteroatoms. The Morgan fingerprint density at radius 1 is 1.22 bits per heavy atom. The van der Waals surface area contributed by atoms with E-state index in [2.05, 4.69) is 24.3 Å². The van der Waals surface area contributed by atoms with E-state index >= 15 is 0 Å². The second-order valence-electron chi connectivity index (χ2n) is 1.46. The molecule has 0 spiro atoms. The number of rotatable bonds is 2. The minimum absolute atomic E-state index is 0.321. The summed E-state index contributed by atoms with van der Waals surface area (Å²) in [4.78, 5) is 0. The molecule has 0 aromatic heterocycles. The molecular weight excluding hydrogens is 265 g/mol. The van der Waals surface area contributed by atoms with Crippen LogP contribution in [-0.4, -0.2) is 2.70 Å². The minimum atomic E-state index is 0.321. The summed E-state index contributed by atoms with van der Waals surface area (Å²) in [6, 6.07) is 10.4. The molecule has 1 nitrogen and oxygen atoms in total. The van der Waals surface area contributed by atoms with Gasteiger partial charge in [-0.2, -0.15) is 0 Å². The molecule has 0 aliphatic carbocycles. The molecule has 0 aliphatic heterocycles. The van der Waals surface area contributed by atoms with Gasteiger partial charge in [0.05, 0.1) is 0 Å². The molecule has 0 bridgehead atoms. The Labute approximate surface area is 73.3 Å². The maximum absolute atomic E-state index is 5.40. The fourth-order valence-corrected chi connectivity index (χ4v) is 1.76. The zero-order chi connectivity index (χ0) is 6.53. The Bertz CT molecular complexity index is 162. The van der Waals surface area contributed by atoms with Crippen LogP contribution < -0.4 is 7.46 Å². The molecule has 0 heterocycles. The van der Waals surface area contributed by atoms with E-state index in [-0.39, 0.29) is 0 Å². The fraction of sp³-hybridized carbons (Fsp3) is 0.143. The van der Waals surface area contributed by atoms with Crippen LogP contribution in [-0.2, 0) is 0 Å². The molecule has 0 amide bonds. The summed E-state index contributed by atoms with van der Waals surface area (Å²) in [5, 5.41) is 0. The van der Waals surface area contributed by atoms with Gasteiger partial charge >= 0.3 is 73.9 Å². The van der Waals surface area contributed by atoms with E-state index in [0.717, 1.165) is 2.70 Å². The monoisotopic (exact) mass is 273 g/mol. The van der Waals surface area contributed by atoms with Crippen molar-refractivity contribution in [1.82, 2.24) is 0 Å². The van der Waals surface area contributed by atoms with Crippen LogP contribution >= 0.6 is 0 Å². The summed E-state index contributed by atoms with van der Waals surface area (Å²) in [6.45, 7) is 0. The van der Waals surface area contributed by atoms with E-state index in [1.54, 1.807) is 0 Å². The van der Waals surface area contributed by atoms with Gasteiger partial charge in [-0.1, -0.05) is 0 Å². The van der Waals surface area contributed by atoms with Crippen molar-refractivity contribution in [2.24, 2.45) is 5.73 Å². The molecule has 2 N–H and O–H groups in total. The molecular formula is C7H9ErN. The molecule has 0 saturated heterocycles. The van der Waals surface area contributed by atoms with Crippen LogP contribution in [0.5, 0.6) is 0 Å². The van der Waals surface area contributed by atoms with Crippen molar-refractivity contribution in [2.45, 2.75) is 0 Å². The van der Waals surface area contributed by atoms with Crippen LogP contribution in [0.1, 0.15) is 0 Å². The van der Waals surface area contributed by atoms with Crippen molar-refractivity contribution in [1.29, 1.82) is 0 Å². The van der Waals surface area contributed by atoms with Gasteiger partial charge in [-0.3, -0.25) is 0 Å². The third-order valence-corrected chi connectivity index (χ3v) is 2.63. The first-order valence-electron chi connectivity index (χ1n) is 2.67. The summed E-state index contributed by atoms with van der Waals surface area (Å²) < 4.78 is 2.23. The van der Waals surface area contributed by atoms with E-state index in [1.807, 2.05) is 6.07 Å². The standard InChI is InChI=1S/C6H5.CH4N.Er/c1-2-4-6-5-3-1;1-2;/h1-5H;1-2H2;. The van der Waals surface area contributed by atoms with Gasteiger partial charge in [-0.05, 0) is 0 Å². The van der Waals surface area contributed by atoms with E-state index in [4.69, 9.17) is 5.73 Å². The molecule has 0 radical (unpaired) electrons. The summed E-state index contributed by atoms with van der Waals surface area (Å²) >= 11 is 0.321. The number of hydrogen-bond donors (Lipinski definition) is 1. The predicted molar refractivity (Wildman–Crippen MR) is 35.1 cm³/mol. The average molecular weight is 274 g/mol. The normalized spacial score (nSPS) is 9.89. The predicted octanol–water partition coefficient (Wildman–Crippen LogP) is 0.313. The number of nitrogens with two attached hydrogens (primary N) is 1. The number of hydrogen-bond acceptors (Lipinski definition) is 1. The molecule has 1 aromatic rings.